The fourth-order valence-corrected chi connectivity index (χ4v) is 2.54. The zero-order valence-electron chi connectivity index (χ0n) is 11.9. The number of carbonyl (C=O) groups is 1. The predicted molar refractivity (Wildman–Crippen MR) is 85.9 cm³/mol. The highest BCUT2D eigenvalue weighted by Gasteiger charge is 2.18. The highest BCUT2D eigenvalue weighted by molar-refractivity contribution is 6.33. The Hall–Kier alpha value is -1.58. The summed E-state index contributed by atoms with van der Waals surface area (Å²) >= 11 is 12.1. The minimum absolute atomic E-state index is 0.130. The molecule has 1 heterocycles. The Bertz CT molecular complexity index is 658. The Morgan fingerprint density at radius 1 is 1.29 bits per heavy atom. The molecule has 0 spiro atoms. The minimum Gasteiger partial charge on any atom is -0.335 e. The van der Waals surface area contributed by atoms with Crippen LogP contribution in [0.2, 0.25) is 10.0 Å². The summed E-state index contributed by atoms with van der Waals surface area (Å²) in [6.45, 7) is 4.83. The van der Waals surface area contributed by atoms with Crippen molar-refractivity contribution in [1.29, 1.82) is 0 Å². The lowest BCUT2D eigenvalue weighted by molar-refractivity contribution is 0.0752. The molecule has 0 fully saturated rings. The van der Waals surface area contributed by atoms with E-state index in [0.29, 0.717) is 28.7 Å². The van der Waals surface area contributed by atoms with Crippen molar-refractivity contribution in [3.8, 4) is 0 Å². The van der Waals surface area contributed by atoms with Gasteiger partial charge in [0.2, 0.25) is 0 Å². The maximum absolute atomic E-state index is 12.6. The van der Waals surface area contributed by atoms with E-state index in [9.17, 15) is 4.79 Å². The van der Waals surface area contributed by atoms with Crippen molar-refractivity contribution in [2.75, 3.05) is 6.54 Å². The van der Waals surface area contributed by atoms with E-state index in [1.807, 2.05) is 38.1 Å². The fraction of sp³-hybridized carbons (Fsp3) is 0.250. The van der Waals surface area contributed by atoms with Gasteiger partial charge in [0.15, 0.2) is 0 Å². The van der Waals surface area contributed by atoms with E-state index in [0.717, 1.165) is 11.3 Å². The van der Waals surface area contributed by atoms with Crippen LogP contribution in [0.4, 0.5) is 0 Å². The number of nitrogens with zero attached hydrogens (tertiary/aromatic N) is 2. The number of carbonyl (C=O) groups excluding carboxylic acids is 1. The van der Waals surface area contributed by atoms with E-state index in [1.165, 1.54) is 6.20 Å². The molecule has 1 aromatic heterocycles. The van der Waals surface area contributed by atoms with Gasteiger partial charge in [-0.15, -0.1) is 0 Å². The molecule has 0 unspecified atom stereocenters. The van der Waals surface area contributed by atoms with Crippen LogP contribution in [0.15, 0.2) is 36.5 Å². The van der Waals surface area contributed by atoms with Gasteiger partial charge in [0.1, 0.15) is 0 Å². The van der Waals surface area contributed by atoms with Crippen molar-refractivity contribution in [2.45, 2.75) is 20.4 Å². The number of pyridine rings is 1. The summed E-state index contributed by atoms with van der Waals surface area (Å²) in [6.07, 6.45) is 1.53. The summed E-state index contributed by atoms with van der Waals surface area (Å²) in [6, 6.07) is 9.17. The fourth-order valence-electron chi connectivity index (χ4n) is 2.04. The molecule has 0 aliphatic carbocycles. The summed E-state index contributed by atoms with van der Waals surface area (Å²) in [7, 11) is 0. The Labute approximate surface area is 134 Å². The van der Waals surface area contributed by atoms with Crippen molar-refractivity contribution in [1.82, 2.24) is 9.88 Å². The van der Waals surface area contributed by atoms with Gasteiger partial charge in [0.25, 0.3) is 5.91 Å². The van der Waals surface area contributed by atoms with Crippen LogP contribution in [-0.2, 0) is 6.54 Å². The number of aromatic nitrogens is 1. The molecule has 5 heteroatoms. The minimum atomic E-state index is -0.130. The lowest BCUT2D eigenvalue weighted by Gasteiger charge is -2.21. The van der Waals surface area contributed by atoms with E-state index in [4.69, 9.17) is 23.2 Å². The lowest BCUT2D eigenvalue weighted by Crippen LogP contribution is -2.30. The first-order chi connectivity index (χ1) is 10.0. The van der Waals surface area contributed by atoms with Crippen LogP contribution < -0.4 is 0 Å². The third-order valence-corrected chi connectivity index (χ3v) is 3.70. The molecule has 0 N–H and O–H groups in total. The standard InChI is InChI=1S/C16H16Cl2N2O/c1-3-20(10-12-5-4-6-13(17)8-12)16(21)14-9-19-11(2)7-15(14)18/h4-9H,3,10H2,1-2H3. The molecule has 1 aromatic carbocycles. The average molecular weight is 323 g/mol. The van der Waals surface area contributed by atoms with Gasteiger partial charge >= 0.3 is 0 Å². The molecule has 0 saturated carbocycles. The summed E-state index contributed by atoms with van der Waals surface area (Å²) < 4.78 is 0. The molecule has 2 aromatic rings. The van der Waals surface area contributed by atoms with Crippen molar-refractivity contribution in [2.24, 2.45) is 0 Å². The van der Waals surface area contributed by atoms with E-state index in [1.54, 1.807) is 11.0 Å². The largest absolute Gasteiger partial charge is 0.335 e. The van der Waals surface area contributed by atoms with E-state index in [-0.39, 0.29) is 5.91 Å². The van der Waals surface area contributed by atoms with Crippen LogP contribution in [0.1, 0.15) is 28.5 Å². The van der Waals surface area contributed by atoms with E-state index >= 15 is 0 Å². The SMILES string of the molecule is CCN(Cc1cccc(Cl)c1)C(=O)c1cnc(C)cc1Cl. The summed E-state index contributed by atoms with van der Waals surface area (Å²) in [5.74, 6) is -0.130. The number of benzene rings is 1. The highest BCUT2D eigenvalue weighted by Crippen LogP contribution is 2.19. The van der Waals surface area contributed by atoms with E-state index in [2.05, 4.69) is 4.98 Å². The predicted octanol–water partition coefficient (Wildman–Crippen LogP) is 4.36. The number of hydrogen-bond donors (Lipinski definition) is 0. The van der Waals surface area contributed by atoms with Crippen LogP contribution in [0.5, 0.6) is 0 Å². The van der Waals surface area contributed by atoms with Crippen LogP contribution in [0, 0.1) is 6.92 Å². The first-order valence-corrected chi connectivity index (χ1v) is 7.42. The summed E-state index contributed by atoms with van der Waals surface area (Å²) in [5.41, 5.74) is 2.19. The van der Waals surface area contributed by atoms with Crippen LogP contribution in [0.3, 0.4) is 0 Å². The second-order valence-electron chi connectivity index (χ2n) is 4.75. The molecule has 2 rings (SSSR count). The van der Waals surface area contributed by atoms with Gasteiger partial charge in [-0.1, -0.05) is 35.3 Å². The van der Waals surface area contributed by atoms with Crippen LogP contribution in [0.25, 0.3) is 0 Å². The second kappa shape index (κ2) is 6.92. The molecule has 0 bridgehead atoms. The molecule has 1 amide bonds. The number of halogens is 2. The normalized spacial score (nSPS) is 10.5. The molecular formula is C16H16Cl2N2O. The quantitative estimate of drug-likeness (QED) is 0.837. The van der Waals surface area contributed by atoms with Crippen LogP contribution in [-0.4, -0.2) is 22.3 Å². The Morgan fingerprint density at radius 3 is 2.67 bits per heavy atom. The number of hydrogen-bond acceptors (Lipinski definition) is 2. The Morgan fingerprint density at radius 2 is 2.05 bits per heavy atom. The third kappa shape index (κ3) is 3.96. The maximum atomic E-state index is 12.6. The van der Waals surface area contributed by atoms with Gasteiger partial charge in [0, 0.05) is 30.0 Å². The number of amides is 1. The summed E-state index contributed by atoms with van der Waals surface area (Å²) in [5, 5.41) is 1.09. The Balaban J connectivity index is 2.22. The Kier molecular flexibility index (Phi) is 5.21. The molecule has 0 atom stereocenters. The van der Waals surface area contributed by atoms with Crippen LogP contribution >= 0.6 is 23.2 Å². The monoisotopic (exact) mass is 322 g/mol. The van der Waals surface area contributed by atoms with Gasteiger partial charge in [-0.3, -0.25) is 9.78 Å². The zero-order valence-corrected chi connectivity index (χ0v) is 13.4. The number of rotatable bonds is 4. The molecule has 3 nitrogen and oxygen atoms in total. The first kappa shape index (κ1) is 15.8. The molecule has 0 radical (unpaired) electrons. The molecule has 0 aliphatic heterocycles. The smallest absolute Gasteiger partial charge is 0.257 e. The maximum Gasteiger partial charge on any atom is 0.257 e. The number of aryl methyl sites for hydroxylation is 1. The second-order valence-corrected chi connectivity index (χ2v) is 5.60. The molecule has 110 valence electrons. The van der Waals surface area contributed by atoms with Gasteiger partial charge in [-0.2, -0.15) is 0 Å². The van der Waals surface area contributed by atoms with Gasteiger partial charge in [0.05, 0.1) is 10.6 Å². The van der Waals surface area contributed by atoms with Crippen molar-refractivity contribution in [3.05, 3.63) is 63.4 Å². The van der Waals surface area contributed by atoms with Crippen molar-refractivity contribution in [3.63, 3.8) is 0 Å². The lowest BCUT2D eigenvalue weighted by atomic mass is 10.2. The third-order valence-electron chi connectivity index (χ3n) is 3.15. The van der Waals surface area contributed by atoms with Gasteiger partial charge in [-0.05, 0) is 37.6 Å². The molecule has 0 aliphatic rings. The first-order valence-electron chi connectivity index (χ1n) is 6.67. The van der Waals surface area contributed by atoms with E-state index < -0.39 is 0 Å². The van der Waals surface area contributed by atoms with Crippen molar-refractivity contribution >= 4 is 29.1 Å². The molecular weight excluding hydrogens is 307 g/mol. The van der Waals surface area contributed by atoms with Gasteiger partial charge < -0.3 is 4.90 Å². The molecule has 0 saturated heterocycles. The zero-order chi connectivity index (χ0) is 15.4. The highest BCUT2D eigenvalue weighted by atomic mass is 35.5. The van der Waals surface area contributed by atoms with Crippen molar-refractivity contribution < 1.29 is 4.79 Å². The molecule has 21 heavy (non-hydrogen) atoms. The average Bonchev–Trinajstić information content (AvgIpc) is 2.44. The summed E-state index contributed by atoms with van der Waals surface area (Å²) in [4.78, 5) is 18.4. The topological polar surface area (TPSA) is 33.2 Å². The van der Waals surface area contributed by atoms with Gasteiger partial charge in [-0.25, -0.2) is 0 Å².